The van der Waals surface area contributed by atoms with Gasteiger partial charge in [-0.2, -0.15) is 0 Å². The van der Waals surface area contributed by atoms with E-state index in [2.05, 4.69) is 4.74 Å². The summed E-state index contributed by atoms with van der Waals surface area (Å²) in [6, 6.07) is 2.93. The van der Waals surface area contributed by atoms with Crippen molar-refractivity contribution in [3.05, 3.63) is 35.4 Å². The molecule has 1 aromatic carbocycles. The predicted molar refractivity (Wildman–Crippen MR) is 57.1 cm³/mol. The monoisotopic (exact) mass is 244 g/mol. The predicted octanol–water partition coefficient (Wildman–Crippen LogP) is 2.20. The van der Waals surface area contributed by atoms with Crippen LogP contribution in [-0.2, 0) is 9.53 Å². The Hall–Kier alpha value is -1.49. The van der Waals surface area contributed by atoms with Gasteiger partial charge in [-0.1, -0.05) is 13.0 Å². The molecule has 0 heterocycles. The molecule has 1 aromatic rings. The molecule has 0 aliphatic heterocycles. The van der Waals surface area contributed by atoms with E-state index in [9.17, 15) is 18.7 Å². The number of carbonyl (C=O) groups excluding carboxylic acids is 1. The Bertz CT molecular complexity index is 407. The molecule has 1 N–H and O–H groups in total. The SMILES string of the molecule is COC(=O)CC(C)C(O)c1ccc(F)cc1F. The number of methoxy groups -OCH3 is 1. The minimum atomic E-state index is -1.17. The lowest BCUT2D eigenvalue weighted by Crippen LogP contribution is -2.16. The Kier molecular flexibility index (Phi) is 4.57. The molecule has 0 bridgehead atoms. The molecule has 0 fully saturated rings. The number of benzene rings is 1. The van der Waals surface area contributed by atoms with Crippen LogP contribution in [0.1, 0.15) is 25.0 Å². The fourth-order valence-corrected chi connectivity index (χ4v) is 1.51. The standard InChI is InChI=1S/C12H14F2O3/c1-7(5-11(15)17-2)12(16)9-4-3-8(13)6-10(9)14/h3-4,6-7,12,16H,5H2,1-2H3. The van der Waals surface area contributed by atoms with Crippen molar-refractivity contribution in [2.24, 2.45) is 5.92 Å². The van der Waals surface area contributed by atoms with Crippen LogP contribution in [0.25, 0.3) is 0 Å². The summed E-state index contributed by atoms with van der Waals surface area (Å²) >= 11 is 0. The van der Waals surface area contributed by atoms with Crippen LogP contribution in [0.4, 0.5) is 8.78 Å². The summed E-state index contributed by atoms with van der Waals surface area (Å²) in [5.74, 6) is -2.53. The third-order valence-corrected chi connectivity index (χ3v) is 2.54. The number of halogens is 2. The lowest BCUT2D eigenvalue weighted by Gasteiger charge is -2.18. The minimum absolute atomic E-state index is 0.0252. The fraction of sp³-hybridized carbons (Fsp3) is 0.417. The van der Waals surface area contributed by atoms with Crippen LogP contribution >= 0.6 is 0 Å². The summed E-state index contributed by atoms with van der Waals surface area (Å²) in [4.78, 5) is 11.0. The maximum Gasteiger partial charge on any atom is 0.305 e. The third-order valence-electron chi connectivity index (χ3n) is 2.54. The van der Waals surface area contributed by atoms with Crippen molar-refractivity contribution in [1.82, 2.24) is 0 Å². The van der Waals surface area contributed by atoms with E-state index in [1.165, 1.54) is 13.2 Å². The van der Waals surface area contributed by atoms with Gasteiger partial charge in [0.1, 0.15) is 11.6 Å². The molecule has 3 nitrogen and oxygen atoms in total. The molecule has 2 atom stereocenters. The topological polar surface area (TPSA) is 46.5 Å². The molecule has 0 radical (unpaired) electrons. The first kappa shape index (κ1) is 13.6. The molecule has 0 spiro atoms. The third kappa shape index (κ3) is 3.49. The van der Waals surface area contributed by atoms with Gasteiger partial charge >= 0.3 is 5.97 Å². The second kappa shape index (κ2) is 5.72. The number of ether oxygens (including phenoxy) is 1. The van der Waals surface area contributed by atoms with Gasteiger partial charge in [0.05, 0.1) is 19.6 Å². The quantitative estimate of drug-likeness (QED) is 0.826. The van der Waals surface area contributed by atoms with Crippen molar-refractivity contribution in [2.45, 2.75) is 19.4 Å². The zero-order valence-corrected chi connectivity index (χ0v) is 9.61. The Morgan fingerprint density at radius 3 is 2.65 bits per heavy atom. The lowest BCUT2D eigenvalue weighted by atomic mass is 9.94. The van der Waals surface area contributed by atoms with Crippen molar-refractivity contribution in [2.75, 3.05) is 7.11 Å². The number of esters is 1. The molecule has 17 heavy (non-hydrogen) atoms. The van der Waals surface area contributed by atoms with Crippen LogP contribution < -0.4 is 0 Å². The Labute approximate surface area is 98.0 Å². The molecular weight excluding hydrogens is 230 g/mol. The number of rotatable bonds is 4. The van der Waals surface area contributed by atoms with Crippen molar-refractivity contribution in [3.8, 4) is 0 Å². The number of hydrogen-bond acceptors (Lipinski definition) is 3. The summed E-state index contributed by atoms with van der Waals surface area (Å²) in [7, 11) is 1.24. The largest absolute Gasteiger partial charge is 0.469 e. The zero-order chi connectivity index (χ0) is 13.0. The van der Waals surface area contributed by atoms with E-state index in [-0.39, 0.29) is 12.0 Å². The van der Waals surface area contributed by atoms with Crippen LogP contribution in [0.5, 0.6) is 0 Å². The highest BCUT2D eigenvalue weighted by Gasteiger charge is 2.22. The number of aliphatic hydroxyl groups excluding tert-OH is 1. The first-order chi connectivity index (χ1) is 7.95. The molecule has 94 valence electrons. The van der Waals surface area contributed by atoms with Crippen LogP contribution in [-0.4, -0.2) is 18.2 Å². The van der Waals surface area contributed by atoms with Crippen LogP contribution in [0.15, 0.2) is 18.2 Å². The smallest absolute Gasteiger partial charge is 0.305 e. The van der Waals surface area contributed by atoms with Gasteiger partial charge in [-0.3, -0.25) is 4.79 Å². The molecule has 0 amide bonds. The van der Waals surface area contributed by atoms with E-state index in [0.29, 0.717) is 6.07 Å². The van der Waals surface area contributed by atoms with E-state index in [1.807, 2.05) is 0 Å². The van der Waals surface area contributed by atoms with Gasteiger partial charge in [0.15, 0.2) is 0 Å². The van der Waals surface area contributed by atoms with Gasteiger partial charge in [-0.05, 0) is 12.0 Å². The Morgan fingerprint density at radius 1 is 1.47 bits per heavy atom. The van der Waals surface area contributed by atoms with Crippen LogP contribution in [0.2, 0.25) is 0 Å². The first-order valence-electron chi connectivity index (χ1n) is 5.15. The van der Waals surface area contributed by atoms with Gasteiger partial charge in [-0.15, -0.1) is 0 Å². The maximum atomic E-state index is 13.4. The van der Waals surface area contributed by atoms with E-state index >= 15 is 0 Å². The molecular formula is C12H14F2O3. The van der Waals surface area contributed by atoms with Gasteiger partial charge in [0, 0.05) is 11.6 Å². The average molecular weight is 244 g/mol. The minimum Gasteiger partial charge on any atom is -0.469 e. The number of aliphatic hydroxyl groups is 1. The molecule has 0 saturated heterocycles. The summed E-state index contributed by atoms with van der Waals surface area (Å²) in [5.41, 5.74) is -0.0252. The van der Waals surface area contributed by atoms with E-state index in [4.69, 9.17) is 0 Å². The summed E-state index contributed by atoms with van der Waals surface area (Å²) < 4.78 is 30.5. The fourth-order valence-electron chi connectivity index (χ4n) is 1.51. The molecule has 1 rings (SSSR count). The van der Waals surface area contributed by atoms with E-state index < -0.39 is 29.6 Å². The zero-order valence-electron chi connectivity index (χ0n) is 9.61. The van der Waals surface area contributed by atoms with Gasteiger partial charge < -0.3 is 9.84 Å². The van der Waals surface area contributed by atoms with Gasteiger partial charge in [-0.25, -0.2) is 8.78 Å². The molecule has 0 aliphatic rings. The second-order valence-corrected chi connectivity index (χ2v) is 3.87. The van der Waals surface area contributed by atoms with Crippen molar-refractivity contribution in [3.63, 3.8) is 0 Å². The molecule has 0 aromatic heterocycles. The van der Waals surface area contributed by atoms with Crippen LogP contribution in [0.3, 0.4) is 0 Å². The summed E-state index contributed by atoms with van der Waals surface area (Å²) in [5, 5.41) is 9.83. The van der Waals surface area contributed by atoms with Crippen LogP contribution in [0, 0.1) is 17.6 Å². The molecule has 2 unspecified atom stereocenters. The Morgan fingerprint density at radius 2 is 2.12 bits per heavy atom. The highest BCUT2D eigenvalue weighted by Crippen LogP contribution is 2.27. The number of carbonyl (C=O) groups is 1. The average Bonchev–Trinajstić information content (AvgIpc) is 2.28. The van der Waals surface area contributed by atoms with Crippen molar-refractivity contribution >= 4 is 5.97 Å². The molecule has 0 saturated carbocycles. The summed E-state index contributed by atoms with van der Waals surface area (Å²) in [6.07, 6.45) is -1.20. The Balaban J connectivity index is 2.81. The van der Waals surface area contributed by atoms with Crippen molar-refractivity contribution < 1.29 is 23.4 Å². The first-order valence-corrected chi connectivity index (χ1v) is 5.15. The van der Waals surface area contributed by atoms with Crippen molar-refractivity contribution in [1.29, 1.82) is 0 Å². The normalized spacial score (nSPS) is 14.2. The maximum absolute atomic E-state index is 13.4. The highest BCUT2D eigenvalue weighted by atomic mass is 19.1. The highest BCUT2D eigenvalue weighted by molar-refractivity contribution is 5.69. The van der Waals surface area contributed by atoms with E-state index in [1.54, 1.807) is 6.92 Å². The van der Waals surface area contributed by atoms with Gasteiger partial charge in [0.2, 0.25) is 0 Å². The number of hydrogen-bond donors (Lipinski definition) is 1. The van der Waals surface area contributed by atoms with E-state index in [0.717, 1.165) is 6.07 Å². The second-order valence-electron chi connectivity index (χ2n) is 3.87. The molecule has 0 aliphatic carbocycles. The molecule has 5 heteroatoms. The van der Waals surface area contributed by atoms with Gasteiger partial charge in [0.25, 0.3) is 0 Å². The summed E-state index contributed by atoms with van der Waals surface area (Å²) in [6.45, 7) is 1.59. The lowest BCUT2D eigenvalue weighted by molar-refractivity contribution is -0.142.